The van der Waals surface area contributed by atoms with Crippen LogP contribution in [0.3, 0.4) is 0 Å². The number of benzene rings is 2. The van der Waals surface area contributed by atoms with E-state index < -0.39 is 0 Å². The molecule has 0 saturated heterocycles. The molecule has 25 heavy (non-hydrogen) atoms. The van der Waals surface area contributed by atoms with Crippen molar-refractivity contribution in [2.24, 2.45) is 0 Å². The third kappa shape index (κ3) is 5.06. The van der Waals surface area contributed by atoms with Gasteiger partial charge in [-0.2, -0.15) is 0 Å². The van der Waals surface area contributed by atoms with Crippen molar-refractivity contribution in [1.82, 2.24) is 14.8 Å². The molecule has 0 bridgehead atoms. The molecule has 0 aliphatic carbocycles. The van der Waals surface area contributed by atoms with Crippen molar-refractivity contribution in [2.45, 2.75) is 6.54 Å². The molecule has 1 aromatic heterocycles. The fraction of sp³-hybridized carbons (Fsp3) is 0.0625. The van der Waals surface area contributed by atoms with Gasteiger partial charge in [0.2, 0.25) is 5.95 Å². The van der Waals surface area contributed by atoms with E-state index >= 15 is 0 Å². The highest BCUT2D eigenvalue weighted by molar-refractivity contribution is 7.80. The van der Waals surface area contributed by atoms with Crippen molar-refractivity contribution in [3.05, 3.63) is 69.4 Å². The average molecular weight is 413 g/mol. The Hall–Kier alpha value is -1.86. The molecular weight excluding hydrogens is 401 g/mol. The number of thiocarbonyl (C=S) groups is 1. The van der Waals surface area contributed by atoms with Crippen molar-refractivity contribution >= 4 is 63.8 Å². The molecule has 0 aliphatic rings. The average Bonchev–Trinajstić information content (AvgIpc) is 2.97. The third-order valence-corrected chi connectivity index (χ3v) is 4.16. The summed E-state index contributed by atoms with van der Waals surface area (Å²) in [5.41, 5.74) is 1.67. The Balaban J connectivity index is 1.61. The van der Waals surface area contributed by atoms with Crippen molar-refractivity contribution in [1.29, 1.82) is 0 Å². The number of aromatic nitrogens is 3. The van der Waals surface area contributed by atoms with Gasteiger partial charge in [0, 0.05) is 10.0 Å². The van der Waals surface area contributed by atoms with Gasteiger partial charge in [-0.25, -0.2) is 9.67 Å². The van der Waals surface area contributed by atoms with Crippen LogP contribution in [-0.2, 0) is 6.54 Å². The van der Waals surface area contributed by atoms with Crippen LogP contribution in [-0.4, -0.2) is 19.9 Å². The lowest BCUT2D eigenvalue weighted by Crippen LogP contribution is -2.20. The smallest absolute Gasteiger partial charge is 0.248 e. The largest absolute Gasteiger partial charge is 0.331 e. The van der Waals surface area contributed by atoms with Crippen molar-refractivity contribution in [3.63, 3.8) is 0 Å². The van der Waals surface area contributed by atoms with E-state index in [9.17, 15) is 0 Å². The van der Waals surface area contributed by atoms with Gasteiger partial charge in [0.05, 0.1) is 17.3 Å². The summed E-state index contributed by atoms with van der Waals surface area (Å²) in [6.45, 7) is 0.554. The molecule has 3 aromatic rings. The van der Waals surface area contributed by atoms with Crippen LogP contribution in [0.25, 0.3) is 0 Å². The van der Waals surface area contributed by atoms with Gasteiger partial charge in [-0.1, -0.05) is 46.9 Å². The maximum absolute atomic E-state index is 6.10. The van der Waals surface area contributed by atoms with Crippen LogP contribution in [0.2, 0.25) is 15.1 Å². The molecular formula is C16H12Cl3N5S. The molecule has 5 nitrogen and oxygen atoms in total. The van der Waals surface area contributed by atoms with E-state index in [2.05, 4.69) is 20.7 Å². The molecule has 0 spiro atoms. The van der Waals surface area contributed by atoms with Gasteiger partial charge < -0.3 is 5.32 Å². The normalized spacial score (nSPS) is 10.5. The van der Waals surface area contributed by atoms with Crippen LogP contribution in [0.15, 0.2) is 48.8 Å². The lowest BCUT2D eigenvalue weighted by Gasteiger charge is -2.09. The van der Waals surface area contributed by atoms with Gasteiger partial charge in [-0.05, 0) is 48.1 Å². The minimum atomic E-state index is 0.324. The Morgan fingerprint density at radius 1 is 1.04 bits per heavy atom. The summed E-state index contributed by atoms with van der Waals surface area (Å²) in [7, 11) is 0. The first-order chi connectivity index (χ1) is 12.0. The maximum atomic E-state index is 6.10. The quantitative estimate of drug-likeness (QED) is 0.584. The van der Waals surface area contributed by atoms with Crippen LogP contribution in [0.5, 0.6) is 0 Å². The Labute approximate surface area is 164 Å². The highest BCUT2D eigenvalue weighted by Crippen LogP contribution is 2.25. The van der Waals surface area contributed by atoms with E-state index in [-0.39, 0.29) is 0 Å². The van der Waals surface area contributed by atoms with E-state index in [1.54, 1.807) is 29.2 Å². The Morgan fingerprint density at radius 3 is 2.60 bits per heavy atom. The zero-order valence-corrected chi connectivity index (χ0v) is 15.8. The van der Waals surface area contributed by atoms with Gasteiger partial charge >= 0.3 is 0 Å². The first kappa shape index (κ1) is 17.9. The van der Waals surface area contributed by atoms with Crippen molar-refractivity contribution < 1.29 is 0 Å². The van der Waals surface area contributed by atoms with E-state index in [1.807, 2.05) is 24.3 Å². The van der Waals surface area contributed by atoms with Gasteiger partial charge in [-0.15, -0.1) is 5.10 Å². The topological polar surface area (TPSA) is 54.8 Å². The second-order valence-electron chi connectivity index (χ2n) is 5.10. The Morgan fingerprint density at radius 2 is 1.84 bits per heavy atom. The summed E-state index contributed by atoms with van der Waals surface area (Å²) < 4.78 is 1.69. The summed E-state index contributed by atoms with van der Waals surface area (Å²) >= 11 is 23.2. The highest BCUT2D eigenvalue weighted by atomic mass is 35.5. The molecule has 9 heteroatoms. The number of nitrogens with one attached hydrogen (secondary N) is 2. The predicted molar refractivity (Wildman–Crippen MR) is 107 cm³/mol. The molecule has 1 heterocycles. The summed E-state index contributed by atoms with van der Waals surface area (Å²) in [5.74, 6) is 0.379. The van der Waals surface area contributed by atoms with Crippen LogP contribution < -0.4 is 10.6 Å². The molecule has 2 N–H and O–H groups in total. The van der Waals surface area contributed by atoms with E-state index in [1.165, 1.54) is 0 Å². The monoisotopic (exact) mass is 411 g/mol. The van der Waals surface area contributed by atoms with Crippen molar-refractivity contribution in [3.8, 4) is 0 Å². The molecule has 2 aromatic carbocycles. The fourth-order valence-corrected chi connectivity index (χ4v) is 2.97. The molecule has 0 atom stereocenters. The number of anilines is 2. The van der Waals surface area contributed by atoms with Gasteiger partial charge in [0.25, 0.3) is 0 Å². The first-order valence-corrected chi connectivity index (χ1v) is 8.71. The number of nitrogens with zero attached hydrogens (tertiary/aromatic N) is 3. The molecule has 0 amide bonds. The van der Waals surface area contributed by atoms with E-state index in [0.29, 0.717) is 38.4 Å². The second-order valence-corrected chi connectivity index (χ2v) is 6.79. The fourth-order valence-electron chi connectivity index (χ4n) is 2.10. The van der Waals surface area contributed by atoms with Crippen LogP contribution >= 0.6 is 47.0 Å². The molecule has 3 rings (SSSR count). The van der Waals surface area contributed by atoms with E-state index in [0.717, 1.165) is 5.56 Å². The van der Waals surface area contributed by atoms with Crippen LogP contribution in [0, 0.1) is 0 Å². The summed E-state index contributed by atoms with van der Waals surface area (Å²) in [6.07, 6.45) is 1.61. The number of halogens is 3. The lowest BCUT2D eigenvalue weighted by molar-refractivity contribution is 0.687. The summed E-state index contributed by atoms with van der Waals surface area (Å²) in [5, 5.41) is 12.2. The third-order valence-electron chi connectivity index (χ3n) is 3.17. The molecule has 0 aliphatic heterocycles. The van der Waals surface area contributed by atoms with E-state index in [4.69, 9.17) is 47.0 Å². The number of hydrogen-bond acceptors (Lipinski definition) is 3. The van der Waals surface area contributed by atoms with Crippen LogP contribution in [0.1, 0.15) is 5.56 Å². The number of rotatable bonds is 4. The first-order valence-electron chi connectivity index (χ1n) is 7.16. The van der Waals surface area contributed by atoms with Gasteiger partial charge in [-0.3, -0.25) is 5.32 Å². The Bertz CT molecular complexity index is 912. The second kappa shape index (κ2) is 8.01. The number of hydrogen-bond donors (Lipinski definition) is 2. The Kier molecular flexibility index (Phi) is 5.75. The molecule has 0 saturated carbocycles. The summed E-state index contributed by atoms with van der Waals surface area (Å²) in [4.78, 5) is 4.18. The van der Waals surface area contributed by atoms with Crippen molar-refractivity contribution in [2.75, 3.05) is 10.6 Å². The molecule has 0 fully saturated rings. The SMILES string of the molecule is S=C(Nc1ncn(Cc2cccc(Cl)c2)n1)Nc1ccc(Cl)cc1Cl. The molecule has 128 valence electrons. The maximum Gasteiger partial charge on any atom is 0.248 e. The highest BCUT2D eigenvalue weighted by Gasteiger charge is 2.07. The molecule has 0 unspecified atom stereocenters. The lowest BCUT2D eigenvalue weighted by atomic mass is 10.2. The predicted octanol–water partition coefficient (Wildman–Crippen LogP) is 5.10. The zero-order chi connectivity index (χ0) is 17.8. The zero-order valence-electron chi connectivity index (χ0n) is 12.7. The minimum absolute atomic E-state index is 0.324. The standard InChI is InChI=1S/C16H12Cl3N5S/c17-11-3-1-2-10(6-11)8-24-9-20-15(23-24)22-16(25)21-14-5-4-12(18)7-13(14)19/h1-7,9H,8H2,(H2,21,22,23,25). The van der Waals surface area contributed by atoms with Crippen LogP contribution in [0.4, 0.5) is 11.6 Å². The summed E-state index contributed by atoms with van der Waals surface area (Å²) in [6, 6.07) is 12.7. The minimum Gasteiger partial charge on any atom is -0.331 e. The van der Waals surface area contributed by atoms with Gasteiger partial charge in [0.1, 0.15) is 6.33 Å². The van der Waals surface area contributed by atoms with Gasteiger partial charge in [0.15, 0.2) is 5.11 Å². The molecule has 0 radical (unpaired) electrons.